The van der Waals surface area contributed by atoms with Crippen molar-refractivity contribution in [3.8, 4) is 5.75 Å². The molecule has 0 radical (unpaired) electrons. The lowest BCUT2D eigenvalue weighted by Gasteiger charge is -2.13. The molecular weight excluding hydrogens is 309 g/mol. The van der Waals surface area contributed by atoms with E-state index in [0.29, 0.717) is 30.0 Å². The van der Waals surface area contributed by atoms with Crippen LogP contribution in [0.4, 0.5) is 4.39 Å². The van der Waals surface area contributed by atoms with Crippen LogP contribution in [0.2, 0.25) is 0 Å². The van der Waals surface area contributed by atoms with E-state index in [2.05, 4.69) is 0 Å². The highest BCUT2D eigenvalue weighted by Gasteiger charge is 2.34. The van der Waals surface area contributed by atoms with Crippen LogP contribution in [0, 0.1) is 5.82 Å². The SMILES string of the molecule is O=C1c2ccccc2C(=O)N1CCCCCOc1ccc(F)cc1. The van der Waals surface area contributed by atoms with E-state index in [4.69, 9.17) is 4.74 Å². The number of rotatable bonds is 7. The highest BCUT2D eigenvalue weighted by Crippen LogP contribution is 2.22. The molecule has 5 heteroatoms. The molecule has 0 fully saturated rings. The summed E-state index contributed by atoms with van der Waals surface area (Å²) in [6.45, 7) is 0.941. The normalized spacial score (nSPS) is 13.3. The van der Waals surface area contributed by atoms with E-state index in [0.717, 1.165) is 19.3 Å². The van der Waals surface area contributed by atoms with Gasteiger partial charge in [-0.1, -0.05) is 12.1 Å². The molecule has 2 aromatic rings. The van der Waals surface area contributed by atoms with Crippen molar-refractivity contribution in [2.24, 2.45) is 0 Å². The van der Waals surface area contributed by atoms with E-state index < -0.39 is 0 Å². The Balaban J connectivity index is 1.39. The van der Waals surface area contributed by atoms with Crippen molar-refractivity contribution in [1.29, 1.82) is 0 Å². The maximum absolute atomic E-state index is 12.8. The molecule has 1 aliphatic heterocycles. The fourth-order valence-corrected chi connectivity index (χ4v) is 2.71. The second-order valence-electron chi connectivity index (χ2n) is 5.67. The van der Waals surface area contributed by atoms with Crippen LogP contribution in [0.25, 0.3) is 0 Å². The molecule has 0 unspecified atom stereocenters. The van der Waals surface area contributed by atoms with Gasteiger partial charge in [0.2, 0.25) is 0 Å². The fraction of sp³-hybridized carbons (Fsp3) is 0.263. The number of nitrogens with zero attached hydrogens (tertiary/aromatic N) is 1. The minimum Gasteiger partial charge on any atom is -0.494 e. The summed E-state index contributed by atoms with van der Waals surface area (Å²) in [6, 6.07) is 12.8. The van der Waals surface area contributed by atoms with Gasteiger partial charge in [0, 0.05) is 6.54 Å². The summed E-state index contributed by atoms with van der Waals surface area (Å²) < 4.78 is 18.3. The van der Waals surface area contributed by atoms with Gasteiger partial charge in [-0.3, -0.25) is 14.5 Å². The number of imide groups is 1. The van der Waals surface area contributed by atoms with Crippen LogP contribution in [-0.2, 0) is 0 Å². The Kier molecular flexibility index (Phi) is 4.89. The van der Waals surface area contributed by atoms with E-state index in [9.17, 15) is 14.0 Å². The van der Waals surface area contributed by atoms with Crippen LogP contribution >= 0.6 is 0 Å². The summed E-state index contributed by atoms with van der Waals surface area (Å²) in [7, 11) is 0. The monoisotopic (exact) mass is 327 g/mol. The number of halogens is 1. The molecule has 0 N–H and O–H groups in total. The number of hydrogen-bond acceptors (Lipinski definition) is 3. The van der Waals surface area contributed by atoms with Crippen molar-refractivity contribution in [1.82, 2.24) is 4.90 Å². The quantitative estimate of drug-likeness (QED) is 0.576. The van der Waals surface area contributed by atoms with Gasteiger partial charge >= 0.3 is 0 Å². The zero-order valence-electron chi connectivity index (χ0n) is 13.2. The van der Waals surface area contributed by atoms with Gasteiger partial charge in [0.1, 0.15) is 11.6 Å². The number of amides is 2. The third-order valence-corrected chi connectivity index (χ3v) is 3.99. The Morgan fingerprint density at radius 3 is 2.08 bits per heavy atom. The topological polar surface area (TPSA) is 46.6 Å². The molecule has 124 valence electrons. The average molecular weight is 327 g/mol. The van der Waals surface area contributed by atoms with Crippen molar-refractivity contribution in [2.45, 2.75) is 19.3 Å². The maximum atomic E-state index is 12.8. The van der Waals surface area contributed by atoms with Crippen molar-refractivity contribution in [2.75, 3.05) is 13.2 Å². The van der Waals surface area contributed by atoms with Gasteiger partial charge in [-0.25, -0.2) is 4.39 Å². The fourth-order valence-electron chi connectivity index (χ4n) is 2.71. The third kappa shape index (κ3) is 3.45. The Morgan fingerprint density at radius 1 is 0.833 bits per heavy atom. The van der Waals surface area contributed by atoms with Gasteiger partial charge in [-0.15, -0.1) is 0 Å². The molecule has 2 aromatic carbocycles. The van der Waals surface area contributed by atoms with Gasteiger partial charge in [0.25, 0.3) is 11.8 Å². The van der Waals surface area contributed by atoms with Crippen molar-refractivity contribution >= 4 is 11.8 Å². The molecule has 3 rings (SSSR count). The Labute approximate surface area is 139 Å². The Hall–Kier alpha value is -2.69. The summed E-state index contributed by atoms with van der Waals surface area (Å²) in [5.41, 5.74) is 0.976. The predicted octanol–water partition coefficient (Wildman–Crippen LogP) is 3.67. The van der Waals surface area contributed by atoms with Gasteiger partial charge in [-0.05, 0) is 55.7 Å². The molecule has 0 atom stereocenters. The number of carbonyl (C=O) groups is 2. The summed E-state index contributed by atoms with van der Waals surface area (Å²) in [4.78, 5) is 25.7. The molecule has 0 saturated heterocycles. The van der Waals surface area contributed by atoms with Gasteiger partial charge in [-0.2, -0.15) is 0 Å². The van der Waals surface area contributed by atoms with Crippen LogP contribution < -0.4 is 4.74 Å². The third-order valence-electron chi connectivity index (χ3n) is 3.99. The first kappa shape index (κ1) is 16.2. The van der Waals surface area contributed by atoms with Crippen LogP contribution in [-0.4, -0.2) is 29.9 Å². The van der Waals surface area contributed by atoms with Crippen LogP contribution in [0.5, 0.6) is 5.75 Å². The summed E-state index contributed by atoms with van der Waals surface area (Å²) >= 11 is 0. The lowest BCUT2D eigenvalue weighted by Crippen LogP contribution is -2.30. The van der Waals surface area contributed by atoms with E-state index in [1.807, 2.05) is 0 Å². The summed E-state index contributed by atoms with van der Waals surface area (Å²) in [5, 5.41) is 0. The standard InChI is InChI=1S/C19H18FNO3/c20-14-8-10-15(11-9-14)24-13-5-1-4-12-21-18(22)16-6-2-3-7-17(16)19(21)23/h2-3,6-11H,1,4-5,12-13H2. The number of ether oxygens (including phenoxy) is 1. The van der Waals surface area contributed by atoms with Gasteiger partial charge < -0.3 is 4.74 Å². The number of carbonyl (C=O) groups excluding carboxylic acids is 2. The first-order valence-corrected chi connectivity index (χ1v) is 8.00. The molecule has 2 amide bonds. The molecule has 0 aliphatic carbocycles. The zero-order chi connectivity index (χ0) is 16.9. The number of fused-ring (bicyclic) bond motifs is 1. The molecular formula is C19H18FNO3. The second-order valence-corrected chi connectivity index (χ2v) is 5.67. The van der Waals surface area contributed by atoms with Gasteiger partial charge in [0.15, 0.2) is 0 Å². The van der Waals surface area contributed by atoms with Crippen molar-refractivity contribution < 1.29 is 18.7 Å². The molecule has 0 aromatic heterocycles. The largest absolute Gasteiger partial charge is 0.494 e. The molecule has 24 heavy (non-hydrogen) atoms. The second kappa shape index (κ2) is 7.25. The zero-order valence-corrected chi connectivity index (χ0v) is 13.2. The van der Waals surface area contributed by atoms with E-state index in [1.54, 1.807) is 36.4 Å². The number of benzene rings is 2. The highest BCUT2D eigenvalue weighted by atomic mass is 19.1. The van der Waals surface area contributed by atoms with E-state index >= 15 is 0 Å². The number of unbranched alkanes of at least 4 members (excludes halogenated alkanes) is 2. The smallest absolute Gasteiger partial charge is 0.261 e. The lowest BCUT2D eigenvalue weighted by atomic mass is 10.1. The lowest BCUT2D eigenvalue weighted by molar-refractivity contribution is 0.0651. The first-order chi connectivity index (χ1) is 11.7. The minimum absolute atomic E-state index is 0.210. The van der Waals surface area contributed by atoms with Crippen LogP contribution in [0.3, 0.4) is 0 Å². The van der Waals surface area contributed by atoms with E-state index in [1.165, 1.54) is 17.0 Å². The highest BCUT2D eigenvalue weighted by molar-refractivity contribution is 6.21. The van der Waals surface area contributed by atoms with Crippen LogP contribution in [0.15, 0.2) is 48.5 Å². The van der Waals surface area contributed by atoms with Crippen LogP contribution in [0.1, 0.15) is 40.0 Å². The Bertz CT molecular complexity index is 708. The summed E-state index contributed by atoms with van der Waals surface area (Å²) in [5.74, 6) is -0.0728. The molecule has 4 nitrogen and oxygen atoms in total. The predicted molar refractivity (Wildman–Crippen MR) is 87.6 cm³/mol. The molecule has 0 saturated carbocycles. The number of hydrogen-bond donors (Lipinski definition) is 0. The van der Waals surface area contributed by atoms with Gasteiger partial charge in [0.05, 0.1) is 17.7 Å². The van der Waals surface area contributed by atoms with E-state index in [-0.39, 0.29) is 17.6 Å². The van der Waals surface area contributed by atoms with Crippen molar-refractivity contribution in [3.63, 3.8) is 0 Å². The molecule has 0 spiro atoms. The molecule has 0 bridgehead atoms. The Morgan fingerprint density at radius 2 is 1.46 bits per heavy atom. The molecule has 1 heterocycles. The average Bonchev–Trinajstić information content (AvgIpc) is 2.84. The summed E-state index contributed by atoms with van der Waals surface area (Å²) in [6.07, 6.45) is 2.38. The maximum Gasteiger partial charge on any atom is 0.261 e. The minimum atomic E-state index is -0.289. The van der Waals surface area contributed by atoms with Crippen molar-refractivity contribution in [3.05, 3.63) is 65.5 Å². The first-order valence-electron chi connectivity index (χ1n) is 8.00. The molecule has 1 aliphatic rings.